The molecule has 0 saturated heterocycles. The van der Waals surface area contributed by atoms with E-state index in [1.54, 1.807) is 13.2 Å². The molecule has 3 rings (SSSR count). The summed E-state index contributed by atoms with van der Waals surface area (Å²) in [5.41, 5.74) is 1.88. The topological polar surface area (TPSA) is 47.0 Å². The number of hydrogen-bond donors (Lipinski definition) is 1. The molecule has 1 unspecified atom stereocenters. The number of anilines is 1. The Bertz CT molecular complexity index is 779. The SMILES string of the molecule is COCCc1nsc(NC(c2ccccc2)c2cccc(F)c2)n1. The normalized spacial score (nSPS) is 12.1. The van der Waals surface area contributed by atoms with Gasteiger partial charge in [-0.05, 0) is 23.3 Å². The maximum absolute atomic E-state index is 13.7. The van der Waals surface area contributed by atoms with E-state index in [0.717, 1.165) is 17.0 Å². The number of hydrogen-bond acceptors (Lipinski definition) is 5. The number of methoxy groups -OCH3 is 1. The molecule has 6 heteroatoms. The highest BCUT2D eigenvalue weighted by Gasteiger charge is 2.16. The first-order chi connectivity index (χ1) is 11.8. The van der Waals surface area contributed by atoms with Crippen molar-refractivity contribution < 1.29 is 9.13 Å². The van der Waals surface area contributed by atoms with Gasteiger partial charge in [0.1, 0.15) is 11.6 Å². The third-order valence-corrected chi connectivity index (χ3v) is 4.26. The molecule has 0 saturated carbocycles. The Morgan fingerprint density at radius 3 is 2.67 bits per heavy atom. The van der Waals surface area contributed by atoms with Crippen LogP contribution in [-0.2, 0) is 11.2 Å². The number of benzene rings is 2. The smallest absolute Gasteiger partial charge is 0.203 e. The maximum Gasteiger partial charge on any atom is 0.203 e. The molecule has 0 aliphatic carbocycles. The van der Waals surface area contributed by atoms with Crippen LogP contribution in [0, 0.1) is 5.82 Å². The van der Waals surface area contributed by atoms with Crippen molar-refractivity contribution in [2.45, 2.75) is 12.5 Å². The zero-order valence-electron chi connectivity index (χ0n) is 13.3. The van der Waals surface area contributed by atoms with Crippen molar-refractivity contribution in [1.29, 1.82) is 0 Å². The van der Waals surface area contributed by atoms with Crippen molar-refractivity contribution in [1.82, 2.24) is 9.36 Å². The van der Waals surface area contributed by atoms with Gasteiger partial charge < -0.3 is 10.1 Å². The molecule has 0 fully saturated rings. The Hall–Kier alpha value is -2.31. The number of nitrogens with one attached hydrogen (secondary N) is 1. The van der Waals surface area contributed by atoms with Gasteiger partial charge in [-0.15, -0.1) is 0 Å². The fourth-order valence-electron chi connectivity index (χ4n) is 2.42. The van der Waals surface area contributed by atoms with Gasteiger partial charge in [0, 0.05) is 25.1 Å². The van der Waals surface area contributed by atoms with Gasteiger partial charge in [-0.1, -0.05) is 42.5 Å². The molecule has 4 nitrogen and oxygen atoms in total. The Balaban J connectivity index is 1.86. The molecule has 0 bridgehead atoms. The first-order valence-corrected chi connectivity index (χ1v) is 8.42. The van der Waals surface area contributed by atoms with Gasteiger partial charge in [0.2, 0.25) is 5.13 Å². The van der Waals surface area contributed by atoms with Gasteiger partial charge in [-0.3, -0.25) is 0 Å². The van der Waals surface area contributed by atoms with Crippen molar-refractivity contribution >= 4 is 16.7 Å². The van der Waals surface area contributed by atoms with E-state index < -0.39 is 0 Å². The fraction of sp³-hybridized carbons (Fsp3) is 0.222. The molecule has 3 aromatic rings. The van der Waals surface area contributed by atoms with Gasteiger partial charge in [-0.2, -0.15) is 4.37 Å². The van der Waals surface area contributed by atoms with Gasteiger partial charge >= 0.3 is 0 Å². The van der Waals surface area contributed by atoms with E-state index >= 15 is 0 Å². The Labute approximate surface area is 144 Å². The van der Waals surface area contributed by atoms with Crippen LogP contribution in [0.4, 0.5) is 9.52 Å². The van der Waals surface area contributed by atoms with Crippen LogP contribution >= 0.6 is 11.5 Å². The molecule has 1 atom stereocenters. The van der Waals surface area contributed by atoms with E-state index in [1.165, 1.54) is 23.7 Å². The van der Waals surface area contributed by atoms with Gasteiger partial charge in [0.05, 0.1) is 12.6 Å². The van der Waals surface area contributed by atoms with Crippen LogP contribution < -0.4 is 5.32 Å². The quantitative estimate of drug-likeness (QED) is 0.702. The molecule has 1 aromatic heterocycles. The first-order valence-electron chi connectivity index (χ1n) is 7.65. The van der Waals surface area contributed by atoms with Crippen LogP contribution in [-0.4, -0.2) is 23.1 Å². The predicted octanol–water partition coefficient (Wildman–Crippen LogP) is 4.07. The summed E-state index contributed by atoms with van der Waals surface area (Å²) in [6.07, 6.45) is 0.671. The second kappa shape index (κ2) is 7.99. The van der Waals surface area contributed by atoms with E-state index in [2.05, 4.69) is 14.7 Å². The highest BCUT2D eigenvalue weighted by molar-refractivity contribution is 7.09. The lowest BCUT2D eigenvalue weighted by Gasteiger charge is -2.19. The lowest BCUT2D eigenvalue weighted by atomic mass is 9.99. The lowest BCUT2D eigenvalue weighted by Crippen LogP contribution is -2.12. The monoisotopic (exact) mass is 343 g/mol. The third kappa shape index (κ3) is 4.15. The molecule has 124 valence electrons. The largest absolute Gasteiger partial charge is 0.384 e. The van der Waals surface area contributed by atoms with Crippen LogP contribution in [0.3, 0.4) is 0 Å². The summed E-state index contributed by atoms with van der Waals surface area (Å²) < 4.78 is 23.0. The molecule has 0 amide bonds. The van der Waals surface area contributed by atoms with Crippen LogP contribution in [0.15, 0.2) is 54.6 Å². The van der Waals surface area contributed by atoms with Crippen molar-refractivity contribution in [2.75, 3.05) is 19.0 Å². The van der Waals surface area contributed by atoms with E-state index in [0.29, 0.717) is 18.2 Å². The summed E-state index contributed by atoms with van der Waals surface area (Å²) in [5, 5.41) is 4.08. The van der Waals surface area contributed by atoms with Crippen molar-refractivity contribution in [3.8, 4) is 0 Å². The van der Waals surface area contributed by atoms with Gasteiger partial charge in [-0.25, -0.2) is 9.37 Å². The highest BCUT2D eigenvalue weighted by Crippen LogP contribution is 2.28. The minimum absolute atomic E-state index is 0.190. The fourth-order valence-corrected chi connectivity index (χ4v) is 3.06. The Morgan fingerprint density at radius 2 is 1.92 bits per heavy atom. The summed E-state index contributed by atoms with van der Waals surface area (Å²) in [6.45, 7) is 0.585. The summed E-state index contributed by atoms with van der Waals surface area (Å²) in [6, 6.07) is 16.3. The van der Waals surface area contributed by atoms with Crippen molar-refractivity contribution in [3.63, 3.8) is 0 Å². The zero-order chi connectivity index (χ0) is 16.8. The second-order valence-corrected chi connectivity index (χ2v) is 6.05. The molecular formula is C18H18FN3OS. The molecule has 0 spiro atoms. The molecular weight excluding hydrogens is 325 g/mol. The maximum atomic E-state index is 13.7. The number of halogens is 1. The van der Waals surface area contributed by atoms with Crippen LogP contribution in [0.25, 0.3) is 0 Å². The van der Waals surface area contributed by atoms with Crippen molar-refractivity contribution in [3.05, 3.63) is 77.4 Å². The average Bonchev–Trinajstić information content (AvgIpc) is 3.06. The summed E-state index contributed by atoms with van der Waals surface area (Å²) in [7, 11) is 1.65. The predicted molar refractivity (Wildman–Crippen MR) is 93.8 cm³/mol. The number of rotatable bonds is 7. The second-order valence-electron chi connectivity index (χ2n) is 5.30. The van der Waals surface area contributed by atoms with Gasteiger partial charge in [0.15, 0.2) is 0 Å². The van der Waals surface area contributed by atoms with Gasteiger partial charge in [0.25, 0.3) is 0 Å². The molecule has 0 radical (unpaired) electrons. The number of ether oxygens (including phenoxy) is 1. The highest BCUT2D eigenvalue weighted by atomic mass is 32.1. The third-order valence-electron chi connectivity index (χ3n) is 3.58. The number of nitrogens with zero attached hydrogens (tertiary/aromatic N) is 2. The van der Waals surface area contributed by atoms with Crippen molar-refractivity contribution in [2.24, 2.45) is 0 Å². The zero-order valence-corrected chi connectivity index (χ0v) is 14.1. The average molecular weight is 343 g/mol. The van der Waals surface area contributed by atoms with E-state index in [9.17, 15) is 4.39 Å². The molecule has 0 aliphatic rings. The van der Waals surface area contributed by atoms with Crippen LogP contribution in [0.1, 0.15) is 23.0 Å². The van der Waals surface area contributed by atoms with E-state index in [1.807, 2.05) is 36.4 Å². The van der Waals surface area contributed by atoms with Crippen LogP contribution in [0.2, 0.25) is 0 Å². The summed E-state index contributed by atoms with van der Waals surface area (Å²) in [4.78, 5) is 4.48. The molecule has 0 aliphatic heterocycles. The number of aromatic nitrogens is 2. The molecule has 1 heterocycles. The van der Waals surface area contributed by atoms with Crippen LogP contribution in [0.5, 0.6) is 0 Å². The molecule has 24 heavy (non-hydrogen) atoms. The lowest BCUT2D eigenvalue weighted by molar-refractivity contribution is 0.201. The summed E-state index contributed by atoms with van der Waals surface area (Å²) in [5.74, 6) is 0.490. The summed E-state index contributed by atoms with van der Waals surface area (Å²) >= 11 is 1.30. The Morgan fingerprint density at radius 1 is 1.12 bits per heavy atom. The van der Waals surface area contributed by atoms with E-state index in [-0.39, 0.29) is 11.9 Å². The first kappa shape index (κ1) is 16.5. The molecule has 2 aromatic carbocycles. The minimum Gasteiger partial charge on any atom is -0.384 e. The van der Waals surface area contributed by atoms with E-state index in [4.69, 9.17) is 4.74 Å². The minimum atomic E-state index is -0.256. The molecule has 1 N–H and O–H groups in total. The Kier molecular flexibility index (Phi) is 5.51. The standard InChI is InChI=1S/C18H18FN3OS/c1-23-11-10-16-20-18(24-22-16)21-17(13-6-3-2-4-7-13)14-8-5-9-15(19)12-14/h2-9,12,17H,10-11H2,1H3,(H,20,21,22).